The number of hydrogen-bond acceptors (Lipinski definition) is 4. The van der Waals surface area contributed by atoms with Crippen molar-refractivity contribution in [3.63, 3.8) is 0 Å². The van der Waals surface area contributed by atoms with Gasteiger partial charge in [0.2, 0.25) is 0 Å². The number of aromatic nitrogens is 1. The zero-order valence-electron chi connectivity index (χ0n) is 12.4. The standard InChI is InChI=1S/C17H10Cl2FN3O/c1-24-17-7-16(12(18)6-13(17)19)23-15-5-10(8-21)22-14-3-2-9(20)4-11(14)15/h2-7H,1H3,(H,22,23). The van der Waals surface area contributed by atoms with Crippen LogP contribution in [0.2, 0.25) is 10.0 Å². The third kappa shape index (κ3) is 3.07. The van der Waals surface area contributed by atoms with Crippen LogP contribution in [0.25, 0.3) is 10.9 Å². The average Bonchev–Trinajstić information content (AvgIpc) is 2.57. The van der Waals surface area contributed by atoms with Crippen molar-refractivity contribution >= 4 is 45.5 Å². The van der Waals surface area contributed by atoms with Gasteiger partial charge in [0.15, 0.2) is 0 Å². The maximum absolute atomic E-state index is 13.6. The molecular weight excluding hydrogens is 352 g/mol. The van der Waals surface area contributed by atoms with Crippen molar-refractivity contribution in [2.75, 3.05) is 12.4 Å². The minimum atomic E-state index is -0.406. The molecule has 4 nitrogen and oxygen atoms in total. The molecule has 0 spiro atoms. The molecule has 0 saturated carbocycles. The van der Waals surface area contributed by atoms with Crippen LogP contribution in [0.15, 0.2) is 36.4 Å². The largest absolute Gasteiger partial charge is 0.495 e. The summed E-state index contributed by atoms with van der Waals surface area (Å²) < 4.78 is 18.8. The van der Waals surface area contributed by atoms with E-state index in [1.807, 2.05) is 6.07 Å². The first-order valence-corrected chi connectivity index (χ1v) is 7.58. The highest BCUT2D eigenvalue weighted by Gasteiger charge is 2.12. The number of nitrogens with one attached hydrogen (secondary N) is 1. The predicted molar refractivity (Wildman–Crippen MR) is 92.7 cm³/mol. The number of methoxy groups -OCH3 is 1. The highest BCUT2D eigenvalue weighted by atomic mass is 35.5. The third-order valence-electron chi connectivity index (χ3n) is 3.40. The Morgan fingerprint density at radius 1 is 1.12 bits per heavy atom. The van der Waals surface area contributed by atoms with Crippen molar-refractivity contribution in [2.24, 2.45) is 0 Å². The topological polar surface area (TPSA) is 57.9 Å². The molecule has 0 aliphatic heterocycles. The van der Waals surface area contributed by atoms with E-state index in [0.717, 1.165) is 0 Å². The summed E-state index contributed by atoms with van der Waals surface area (Å²) in [5, 5.41) is 13.5. The van der Waals surface area contributed by atoms with Gasteiger partial charge in [0.25, 0.3) is 0 Å². The lowest BCUT2D eigenvalue weighted by Crippen LogP contribution is -1.97. The molecule has 0 atom stereocenters. The van der Waals surface area contributed by atoms with E-state index in [9.17, 15) is 4.39 Å². The Hall–Kier alpha value is -2.55. The average molecular weight is 362 g/mol. The molecule has 1 aromatic heterocycles. The number of ether oxygens (including phenoxy) is 1. The Labute approximate surface area is 147 Å². The van der Waals surface area contributed by atoms with Crippen LogP contribution in [0.5, 0.6) is 5.75 Å². The molecule has 0 saturated heterocycles. The van der Waals surface area contributed by atoms with Gasteiger partial charge in [0, 0.05) is 11.5 Å². The van der Waals surface area contributed by atoms with Crippen molar-refractivity contribution in [3.8, 4) is 11.8 Å². The Kier molecular flexibility index (Phi) is 4.43. The molecule has 24 heavy (non-hydrogen) atoms. The van der Waals surface area contributed by atoms with E-state index in [2.05, 4.69) is 10.3 Å². The highest BCUT2D eigenvalue weighted by Crippen LogP contribution is 2.37. The summed E-state index contributed by atoms with van der Waals surface area (Å²) in [5.41, 5.74) is 1.71. The summed E-state index contributed by atoms with van der Waals surface area (Å²) in [7, 11) is 1.49. The van der Waals surface area contributed by atoms with Gasteiger partial charge in [-0.15, -0.1) is 0 Å². The molecule has 120 valence electrons. The van der Waals surface area contributed by atoms with Gasteiger partial charge in [-0.3, -0.25) is 0 Å². The molecule has 1 heterocycles. The molecule has 0 fully saturated rings. The second kappa shape index (κ2) is 6.52. The maximum Gasteiger partial charge on any atom is 0.143 e. The first-order chi connectivity index (χ1) is 11.5. The number of pyridine rings is 1. The van der Waals surface area contributed by atoms with Crippen molar-refractivity contribution < 1.29 is 9.13 Å². The van der Waals surface area contributed by atoms with Crippen LogP contribution in [0.1, 0.15) is 5.69 Å². The first-order valence-electron chi connectivity index (χ1n) is 6.82. The van der Waals surface area contributed by atoms with Gasteiger partial charge in [0.05, 0.1) is 34.0 Å². The smallest absolute Gasteiger partial charge is 0.143 e. The minimum absolute atomic E-state index is 0.202. The minimum Gasteiger partial charge on any atom is -0.495 e. The fraction of sp³-hybridized carbons (Fsp3) is 0.0588. The van der Waals surface area contributed by atoms with Gasteiger partial charge in [-0.1, -0.05) is 23.2 Å². The second-order valence-electron chi connectivity index (χ2n) is 4.92. The molecule has 3 rings (SSSR count). The summed E-state index contributed by atoms with van der Waals surface area (Å²) in [6.07, 6.45) is 0. The van der Waals surface area contributed by atoms with Crippen molar-refractivity contribution in [2.45, 2.75) is 0 Å². The van der Waals surface area contributed by atoms with E-state index in [0.29, 0.717) is 38.1 Å². The zero-order chi connectivity index (χ0) is 17.3. The molecule has 1 N–H and O–H groups in total. The van der Waals surface area contributed by atoms with E-state index >= 15 is 0 Å². The summed E-state index contributed by atoms with van der Waals surface area (Å²) in [4.78, 5) is 4.16. The molecule has 2 aromatic carbocycles. The van der Waals surface area contributed by atoms with Crippen LogP contribution >= 0.6 is 23.2 Å². The normalized spacial score (nSPS) is 10.5. The van der Waals surface area contributed by atoms with Gasteiger partial charge in [0.1, 0.15) is 23.3 Å². The Bertz CT molecular complexity index is 986. The van der Waals surface area contributed by atoms with Crippen LogP contribution in [0, 0.1) is 17.1 Å². The summed E-state index contributed by atoms with van der Waals surface area (Å²) in [6, 6.07) is 10.8. The lowest BCUT2D eigenvalue weighted by atomic mass is 10.1. The molecule has 0 bridgehead atoms. The Morgan fingerprint density at radius 2 is 1.92 bits per heavy atom. The van der Waals surface area contributed by atoms with Gasteiger partial charge in [-0.2, -0.15) is 5.26 Å². The van der Waals surface area contributed by atoms with E-state index in [-0.39, 0.29) is 5.69 Å². The van der Waals surface area contributed by atoms with Crippen molar-refractivity contribution in [3.05, 3.63) is 58.0 Å². The molecule has 0 amide bonds. The van der Waals surface area contributed by atoms with Gasteiger partial charge in [-0.25, -0.2) is 9.37 Å². The molecule has 7 heteroatoms. The quantitative estimate of drug-likeness (QED) is 0.687. The van der Waals surface area contributed by atoms with Crippen LogP contribution in [0.4, 0.5) is 15.8 Å². The fourth-order valence-corrected chi connectivity index (χ4v) is 2.79. The fourth-order valence-electron chi connectivity index (χ4n) is 2.29. The second-order valence-corrected chi connectivity index (χ2v) is 5.73. The number of hydrogen-bond donors (Lipinski definition) is 1. The third-order valence-corrected chi connectivity index (χ3v) is 4.00. The van der Waals surface area contributed by atoms with Crippen molar-refractivity contribution in [1.29, 1.82) is 5.26 Å². The summed E-state index contributed by atoms with van der Waals surface area (Å²) in [6.45, 7) is 0. The van der Waals surface area contributed by atoms with Crippen molar-refractivity contribution in [1.82, 2.24) is 4.98 Å². The molecule has 0 radical (unpaired) electrons. The SMILES string of the molecule is COc1cc(Nc2cc(C#N)nc3ccc(F)cc23)c(Cl)cc1Cl. The number of halogens is 3. The molecule has 3 aromatic rings. The maximum atomic E-state index is 13.6. The monoisotopic (exact) mass is 361 g/mol. The van der Waals surface area contributed by atoms with E-state index in [1.165, 1.54) is 31.4 Å². The molecule has 0 aliphatic rings. The lowest BCUT2D eigenvalue weighted by molar-refractivity contribution is 0.415. The van der Waals surface area contributed by atoms with E-state index < -0.39 is 5.82 Å². The zero-order valence-corrected chi connectivity index (χ0v) is 13.9. The lowest BCUT2D eigenvalue weighted by Gasteiger charge is -2.13. The Balaban J connectivity index is 2.16. The predicted octanol–water partition coefficient (Wildman–Crippen LogP) is 5.30. The number of rotatable bonds is 3. The molecule has 0 aliphatic carbocycles. The van der Waals surface area contributed by atoms with Crippen LogP contribution in [0.3, 0.4) is 0 Å². The van der Waals surface area contributed by atoms with Crippen LogP contribution in [-0.2, 0) is 0 Å². The van der Waals surface area contributed by atoms with Gasteiger partial charge < -0.3 is 10.1 Å². The Morgan fingerprint density at radius 3 is 2.62 bits per heavy atom. The van der Waals surface area contributed by atoms with Gasteiger partial charge in [-0.05, 0) is 30.3 Å². The number of nitrogens with zero attached hydrogens (tertiary/aromatic N) is 2. The van der Waals surface area contributed by atoms with Crippen LogP contribution < -0.4 is 10.1 Å². The number of anilines is 2. The molecule has 0 unspecified atom stereocenters. The highest BCUT2D eigenvalue weighted by molar-refractivity contribution is 6.37. The number of nitriles is 1. The molecular formula is C17H10Cl2FN3O. The van der Waals surface area contributed by atoms with E-state index in [4.69, 9.17) is 33.2 Å². The van der Waals surface area contributed by atoms with Gasteiger partial charge >= 0.3 is 0 Å². The van der Waals surface area contributed by atoms with Crippen LogP contribution in [-0.4, -0.2) is 12.1 Å². The summed E-state index contributed by atoms with van der Waals surface area (Å²) in [5.74, 6) is 0.0328. The summed E-state index contributed by atoms with van der Waals surface area (Å²) >= 11 is 12.2. The van der Waals surface area contributed by atoms with E-state index in [1.54, 1.807) is 12.1 Å². The first kappa shape index (κ1) is 16.3. The number of fused-ring (bicyclic) bond motifs is 1. The number of benzene rings is 2.